The predicted molar refractivity (Wildman–Crippen MR) is 148 cm³/mol. The summed E-state index contributed by atoms with van der Waals surface area (Å²) in [5, 5.41) is 9.79. The molecule has 0 aromatic heterocycles. The highest BCUT2D eigenvalue weighted by Gasteiger charge is 2.33. The molecule has 1 heterocycles. The molecule has 0 atom stereocenters. The molecule has 1 aliphatic heterocycles. The normalized spacial score (nSPS) is 14.3. The molecule has 1 fully saturated rings. The van der Waals surface area contributed by atoms with Crippen molar-refractivity contribution in [3.8, 4) is 17.6 Å². The molecule has 1 aliphatic rings. The van der Waals surface area contributed by atoms with E-state index in [0.29, 0.717) is 43.6 Å². The van der Waals surface area contributed by atoms with Crippen molar-refractivity contribution in [2.24, 2.45) is 0 Å². The first kappa shape index (κ1) is 25.3. The van der Waals surface area contributed by atoms with Gasteiger partial charge in [-0.05, 0) is 70.9 Å². The van der Waals surface area contributed by atoms with Crippen LogP contribution in [0.5, 0.6) is 11.5 Å². The lowest BCUT2D eigenvalue weighted by Gasteiger charge is -2.15. The molecule has 0 radical (unpaired) electrons. The quantitative estimate of drug-likeness (QED) is 0.213. The second kappa shape index (κ2) is 11.3. The number of thioether (sulfide) groups is 1. The lowest BCUT2D eigenvalue weighted by atomic mass is 10.1. The molecule has 5 nitrogen and oxygen atoms in total. The SMILES string of the molecule is CCOc1cc(/C=C2/SC(=S)N(c3ccc(Br)c(Cl)c3)C2=O)ccc1OCc1ccccc1C#N. The fourth-order valence-electron chi connectivity index (χ4n) is 3.38. The Bertz CT molecular complexity index is 1390. The first-order valence-corrected chi connectivity index (χ1v) is 12.9. The zero-order valence-electron chi connectivity index (χ0n) is 18.5. The number of carbonyl (C=O) groups excluding carboxylic acids is 1. The molecule has 0 aliphatic carbocycles. The van der Waals surface area contributed by atoms with Crippen molar-refractivity contribution in [2.45, 2.75) is 13.5 Å². The van der Waals surface area contributed by atoms with Gasteiger partial charge < -0.3 is 9.47 Å². The van der Waals surface area contributed by atoms with E-state index in [9.17, 15) is 10.1 Å². The number of hydrogen-bond donors (Lipinski definition) is 0. The van der Waals surface area contributed by atoms with Gasteiger partial charge in [0.15, 0.2) is 15.8 Å². The maximum absolute atomic E-state index is 13.1. The van der Waals surface area contributed by atoms with Crippen LogP contribution in [0.1, 0.15) is 23.6 Å². The molecule has 1 amide bonds. The van der Waals surface area contributed by atoms with E-state index in [-0.39, 0.29) is 12.5 Å². The smallest absolute Gasteiger partial charge is 0.270 e. The van der Waals surface area contributed by atoms with Crippen molar-refractivity contribution in [1.29, 1.82) is 5.26 Å². The van der Waals surface area contributed by atoms with Crippen LogP contribution in [0.2, 0.25) is 5.02 Å². The first-order chi connectivity index (χ1) is 16.9. The van der Waals surface area contributed by atoms with E-state index in [1.165, 1.54) is 16.7 Å². The molecule has 3 aromatic carbocycles. The fourth-order valence-corrected chi connectivity index (χ4v) is 5.10. The van der Waals surface area contributed by atoms with Crippen LogP contribution in [-0.4, -0.2) is 16.8 Å². The second-order valence-corrected chi connectivity index (χ2v) is 10.2. The van der Waals surface area contributed by atoms with Gasteiger partial charge in [0.2, 0.25) is 0 Å². The van der Waals surface area contributed by atoms with Crippen molar-refractivity contribution < 1.29 is 14.3 Å². The lowest BCUT2D eigenvalue weighted by molar-refractivity contribution is -0.113. The lowest BCUT2D eigenvalue weighted by Crippen LogP contribution is -2.27. The number of rotatable bonds is 7. The summed E-state index contributed by atoms with van der Waals surface area (Å²) in [7, 11) is 0. The molecule has 3 aromatic rings. The van der Waals surface area contributed by atoms with Gasteiger partial charge in [0.25, 0.3) is 5.91 Å². The van der Waals surface area contributed by atoms with Gasteiger partial charge in [-0.2, -0.15) is 5.26 Å². The van der Waals surface area contributed by atoms with Gasteiger partial charge in [0.1, 0.15) is 6.61 Å². The molecule has 0 spiro atoms. The third-order valence-electron chi connectivity index (χ3n) is 5.04. The van der Waals surface area contributed by atoms with E-state index in [2.05, 4.69) is 22.0 Å². The van der Waals surface area contributed by atoms with E-state index in [1.807, 2.05) is 37.3 Å². The maximum atomic E-state index is 13.1. The van der Waals surface area contributed by atoms with E-state index in [0.717, 1.165) is 15.6 Å². The monoisotopic (exact) mass is 584 g/mol. The Morgan fingerprint density at radius 2 is 1.94 bits per heavy atom. The minimum absolute atomic E-state index is 0.218. The molecule has 35 heavy (non-hydrogen) atoms. The standard InChI is InChI=1S/C26H18BrClN2O3S2/c1-2-32-23-11-16(7-10-22(23)33-15-18-6-4-3-5-17(18)14-29)12-24-25(31)30(26(34)35-24)19-8-9-20(27)21(28)13-19/h3-13H,2,15H2,1H3/b24-12+. The van der Waals surface area contributed by atoms with Crippen molar-refractivity contribution in [3.63, 3.8) is 0 Å². The molecule has 1 saturated heterocycles. The van der Waals surface area contributed by atoms with Gasteiger partial charge in [-0.3, -0.25) is 9.69 Å². The molecular weight excluding hydrogens is 568 g/mol. The van der Waals surface area contributed by atoms with Crippen LogP contribution in [0.25, 0.3) is 6.08 Å². The highest BCUT2D eigenvalue weighted by atomic mass is 79.9. The number of nitrogens with zero attached hydrogens (tertiary/aromatic N) is 2. The van der Waals surface area contributed by atoms with Gasteiger partial charge in [-0.15, -0.1) is 0 Å². The van der Waals surface area contributed by atoms with Gasteiger partial charge in [-0.1, -0.05) is 59.8 Å². The Kier molecular flexibility index (Phi) is 8.14. The third-order valence-corrected chi connectivity index (χ3v) is 7.58. The highest BCUT2D eigenvalue weighted by molar-refractivity contribution is 9.10. The summed E-state index contributed by atoms with van der Waals surface area (Å²) in [4.78, 5) is 15.1. The predicted octanol–water partition coefficient (Wildman–Crippen LogP) is 7.36. The van der Waals surface area contributed by atoms with Crippen LogP contribution < -0.4 is 14.4 Å². The molecule has 4 rings (SSSR count). The average Bonchev–Trinajstić information content (AvgIpc) is 3.13. The van der Waals surface area contributed by atoms with Crippen LogP contribution in [0.4, 0.5) is 5.69 Å². The van der Waals surface area contributed by atoms with Gasteiger partial charge in [0, 0.05) is 10.0 Å². The minimum Gasteiger partial charge on any atom is -0.490 e. The Hall–Kier alpha value is -2.83. The van der Waals surface area contributed by atoms with Crippen molar-refractivity contribution in [1.82, 2.24) is 0 Å². The number of hydrogen-bond acceptors (Lipinski definition) is 6. The molecule has 0 bridgehead atoms. The van der Waals surface area contributed by atoms with Crippen LogP contribution in [0.15, 0.2) is 70.0 Å². The van der Waals surface area contributed by atoms with E-state index in [4.69, 9.17) is 33.3 Å². The number of ether oxygens (including phenoxy) is 2. The molecule has 0 saturated carbocycles. The summed E-state index contributed by atoms with van der Waals surface area (Å²) in [5.41, 5.74) is 2.74. The second-order valence-electron chi connectivity index (χ2n) is 7.31. The molecule has 9 heteroatoms. The fraction of sp³-hybridized carbons (Fsp3) is 0.115. The molecular formula is C26H18BrClN2O3S2. The maximum Gasteiger partial charge on any atom is 0.270 e. The first-order valence-electron chi connectivity index (χ1n) is 10.5. The van der Waals surface area contributed by atoms with E-state index >= 15 is 0 Å². The Balaban J connectivity index is 1.57. The molecule has 176 valence electrons. The number of thiocarbonyl (C=S) groups is 1. The van der Waals surface area contributed by atoms with Gasteiger partial charge >= 0.3 is 0 Å². The number of anilines is 1. The number of benzene rings is 3. The average molecular weight is 586 g/mol. The van der Waals surface area contributed by atoms with Crippen LogP contribution in [0.3, 0.4) is 0 Å². The van der Waals surface area contributed by atoms with E-state index in [1.54, 1.807) is 36.4 Å². The van der Waals surface area contributed by atoms with Crippen LogP contribution in [-0.2, 0) is 11.4 Å². The zero-order valence-corrected chi connectivity index (χ0v) is 22.4. The van der Waals surface area contributed by atoms with E-state index < -0.39 is 0 Å². The summed E-state index contributed by atoms with van der Waals surface area (Å²) in [5.74, 6) is 0.879. The van der Waals surface area contributed by atoms with Crippen molar-refractivity contribution in [3.05, 3.63) is 91.8 Å². The zero-order chi connectivity index (χ0) is 24.9. The summed E-state index contributed by atoms with van der Waals surface area (Å²) >= 11 is 16.3. The summed E-state index contributed by atoms with van der Waals surface area (Å²) < 4.78 is 12.9. The summed E-state index contributed by atoms with van der Waals surface area (Å²) in [6.07, 6.45) is 1.77. The summed E-state index contributed by atoms with van der Waals surface area (Å²) in [6.45, 7) is 2.56. The number of nitriles is 1. The topological polar surface area (TPSA) is 62.6 Å². The largest absolute Gasteiger partial charge is 0.490 e. The van der Waals surface area contributed by atoms with Gasteiger partial charge in [0.05, 0.1) is 33.9 Å². The minimum atomic E-state index is -0.218. The van der Waals surface area contributed by atoms with Crippen molar-refractivity contribution >= 4 is 73.5 Å². The summed E-state index contributed by atoms with van der Waals surface area (Å²) in [6, 6.07) is 20.2. The Morgan fingerprint density at radius 3 is 2.69 bits per heavy atom. The van der Waals surface area contributed by atoms with Gasteiger partial charge in [-0.25, -0.2) is 0 Å². The number of amides is 1. The van der Waals surface area contributed by atoms with Crippen LogP contribution in [0, 0.1) is 11.3 Å². The Labute approximate surface area is 226 Å². The van der Waals surface area contributed by atoms with Crippen molar-refractivity contribution in [2.75, 3.05) is 11.5 Å². The number of carbonyl (C=O) groups is 1. The Morgan fingerprint density at radius 1 is 1.14 bits per heavy atom. The number of halogens is 2. The third kappa shape index (κ3) is 5.71. The molecule has 0 unspecified atom stereocenters. The highest BCUT2D eigenvalue weighted by Crippen LogP contribution is 2.39. The molecule has 0 N–H and O–H groups in total. The van der Waals surface area contributed by atoms with Crippen LogP contribution >= 0.6 is 51.5 Å².